The second kappa shape index (κ2) is 4.78. The second-order valence-corrected chi connectivity index (χ2v) is 9.14. The summed E-state index contributed by atoms with van der Waals surface area (Å²) in [4.78, 5) is 11.9. The number of carbonyl (C=O) groups is 1. The summed E-state index contributed by atoms with van der Waals surface area (Å²) in [6.45, 7) is 4.53. The standard InChI is InChI=1S/C19H29FO2/c1-18-7-5-12(21)9-11(18)3-4-13-14(18)6-8-19(2)15(13)10-16(20)17(19)22/h11,13-17,22H,3-10H2,1-2H3/t11?,13-,14+,15+,16+,17+,18+,19+/m1/s1. The zero-order chi connectivity index (χ0) is 15.7. The van der Waals surface area contributed by atoms with Crippen molar-refractivity contribution < 1.29 is 14.3 Å². The van der Waals surface area contributed by atoms with Crippen molar-refractivity contribution in [1.29, 1.82) is 0 Å². The molecule has 0 aromatic heterocycles. The number of ketones is 1. The van der Waals surface area contributed by atoms with E-state index in [0.717, 1.165) is 44.9 Å². The van der Waals surface area contributed by atoms with Crippen molar-refractivity contribution in [1.82, 2.24) is 0 Å². The number of halogens is 1. The average Bonchev–Trinajstić information content (AvgIpc) is 2.72. The summed E-state index contributed by atoms with van der Waals surface area (Å²) in [5, 5.41) is 10.4. The van der Waals surface area contributed by atoms with E-state index in [4.69, 9.17) is 0 Å². The molecule has 4 rings (SSSR count). The van der Waals surface area contributed by atoms with Gasteiger partial charge in [-0.25, -0.2) is 4.39 Å². The molecule has 0 aromatic rings. The van der Waals surface area contributed by atoms with E-state index >= 15 is 0 Å². The van der Waals surface area contributed by atoms with Crippen molar-refractivity contribution in [2.75, 3.05) is 0 Å². The largest absolute Gasteiger partial charge is 0.390 e. The normalized spacial score (nSPS) is 57.9. The molecule has 0 bridgehead atoms. The topological polar surface area (TPSA) is 37.3 Å². The third-order valence-electron chi connectivity index (χ3n) is 8.42. The second-order valence-electron chi connectivity index (χ2n) is 9.14. The maximum atomic E-state index is 14.2. The summed E-state index contributed by atoms with van der Waals surface area (Å²) in [6.07, 6.45) is 5.63. The van der Waals surface area contributed by atoms with Crippen LogP contribution in [-0.2, 0) is 4.79 Å². The van der Waals surface area contributed by atoms with Crippen LogP contribution in [0.15, 0.2) is 0 Å². The number of hydrogen-bond donors (Lipinski definition) is 1. The van der Waals surface area contributed by atoms with Crippen LogP contribution in [-0.4, -0.2) is 23.2 Å². The SMILES string of the molecule is C[C@]12CC[C@H]3[C@@H](CCC4CC(=O)CC[C@@]43C)[C@@H]1C[C@H](F)[C@@H]2O. The van der Waals surface area contributed by atoms with Crippen LogP contribution in [0.3, 0.4) is 0 Å². The van der Waals surface area contributed by atoms with Crippen LogP contribution in [0.2, 0.25) is 0 Å². The van der Waals surface area contributed by atoms with Gasteiger partial charge in [0.1, 0.15) is 12.0 Å². The first-order valence-corrected chi connectivity index (χ1v) is 9.20. The molecule has 0 amide bonds. The summed E-state index contributed by atoms with van der Waals surface area (Å²) >= 11 is 0. The number of rotatable bonds is 0. The Morgan fingerprint density at radius 3 is 2.64 bits per heavy atom. The molecule has 4 aliphatic rings. The molecule has 4 fully saturated rings. The molecule has 0 saturated heterocycles. The highest BCUT2D eigenvalue weighted by Crippen LogP contribution is 2.66. The van der Waals surface area contributed by atoms with Crippen LogP contribution >= 0.6 is 0 Å². The lowest BCUT2D eigenvalue weighted by Crippen LogP contribution is -2.54. The predicted octanol–water partition coefficient (Wildman–Crippen LogP) is 3.91. The van der Waals surface area contributed by atoms with E-state index in [2.05, 4.69) is 13.8 Å². The van der Waals surface area contributed by atoms with Crippen LogP contribution < -0.4 is 0 Å². The molecule has 1 N–H and O–H groups in total. The first-order valence-electron chi connectivity index (χ1n) is 9.20. The molecule has 0 aliphatic heterocycles. The lowest BCUT2D eigenvalue weighted by molar-refractivity contribution is -0.142. The minimum atomic E-state index is -1.03. The molecule has 0 radical (unpaired) electrons. The van der Waals surface area contributed by atoms with Crippen LogP contribution in [0.4, 0.5) is 4.39 Å². The quantitative estimate of drug-likeness (QED) is 0.737. The molecule has 22 heavy (non-hydrogen) atoms. The lowest BCUT2D eigenvalue weighted by atomic mass is 9.45. The average molecular weight is 308 g/mol. The van der Waals surface area contributed by atoms with Gasteiger partial charge >= 0.3 is 0 Å². The lowest BCUT2D eigenvalue weighted by Gasteiger charge is -2.59. The summed E-state index contributed by atoms with van der Waals surface area (Å²) < 4.78 is 14.2. The molecule has 1 unspecified atom stereocenters. The molecular formula is C19H29FO2. The number of aliphatic hydroxyl groups excluding tert-OH is 1. The number of Topliss-reactive ketones (excluding diaryl/α,β-unsaturated/α-hetero) is 1. The van der Waals surface area contributed by atoms with Gasteiger partial charge in [-0.15, -0.1) is 0 Å². The Bertz CT molecular complexity index is 492. The maximum Gasteiger partial charge on any atom is 0.133 e. The van der Waals surface area contributed by atoms with Gasteiger partial charge in [0.25, 0.3) is 0 Å². The van der Waals surface area contributed by atoms with Crippen molar-refractivity contribution >= 4 is 5.78 Å². The summed E-state index contributed by atoms with van der Waals surface area (Å²) in [6, 6.07) is 0. The summed E-state index contributed by atoms with van der Waals surface area (Å²) in [5.41, 5.74) is 0.0613. The van der Waals surface area contributed by atoms with E-state index < -0.39 is 12.3 Å². The molecule has 4 aliphatic carbocycles. The number of aliphatic hydroxyl groups is 1. The van der Waals surface area contributed by atoms with Crippen LogP contribution in [0.5, 0.6) is 0 Å². The van der Waals surface area contributed by atoms with Crippen LogP contribution in [0.1, 0.15) is 65.2 Å². The van der Waals surface area contributed by atoms with Gasteiger partial charge in [-0.2, -0.15) is 0 Å². The molecule has 124 valence electrons. The molecular weight excluding hydrogens is 279 g/mol. The molecule has 2 nitrogen and oxygen atoms in total. The van der Waals surface area contributed by atoms with Crippen molar-refractivity contribution in [3.05, 3.63) is 0 Å². The molecule has 3 heteroatoms. The Morgan fingerprint density at radius 1 is 1.09 bits per heavy atom. The zero-order valence-electron chi connectivity index (χ0n) is 13.9. The number of carbonyl (C=O) groups excluding carboxylic acids is 1. The number of fused-ring (bicyclic) bond motifs is 5. The third kappa shape index (κ3) is 1.84. The first kappa shape index (κ1) is 15.1. The van der Waals surface area contributed by atoms with Crippen molar-refractivity contribution in [3.63, 3.8) is 0 Å². The Morgan fingerprint density at radius 2 is 1.86 bits per heavy atom. The van der Waals surface area contributed by atoms with E-state index in [0.29, 0.717) is 35.9 Å². The summed E-state index contributed by atoms with van der Waals surface area (Å²) in [5.74, 6) is 2.53. The van der Waals surface area contributed by atoms with Gasteiger partial charge < -0.3 is 5.11 Å². The fraction of sp³-hybridized carbons (Fsp3) is 0.947. The Balaban J connectivity index is 1.64. The fourth-order valence-corrected chi connectivity index (χ4v) is 6.99. The third-order valence-corrected chi connectivity index (χ3v) is 8.42. The van der Waals surface area contributed by atoms with Crippen molar-refractivity contribution in [3.8, 4) is 0 Å². The van der Waals surface area contributed by atoms with Crippen LogP contribution in [0.25, 0.3) is 0 Å². The highest BCUT2D eigenvalue weighted by Gasteiger charge is 2.62. The molecule has 4 saturated carbocycles. The smallest absolute Gasteiger partial charge is 0.133 e. The van der Waals surface area contributed by atoms with Gasteiger partial charge in [0.2, 0.25) is 0 Å². The van der Waals surface area contributed by atoms with Gasteiger partial charge in [0, 0.05) is 12.8 Å². The van der Waals surface area contributed by atoms with Crippen molar-refractivity contribution in [2.45, 2.75) is 77.5 Å². The molecule has 0 aromatic carbocycles. The van der Waals surface area contributed by atoms with E-state index in [1.54, 1.807) is 0 Å². The number of hydrogen-bond acceptors (Lipinski definition) is 2. The van der Waals surface area contributed by atoms with Gasteiger partial charge in [-0.3, -0.25) is 4.79 Å². The highest BCUT2D eigenvalue weighted by atomic mass is 19.1. The molecule has 0 spiro atoms. The summed E-state index contributed by atoms with van der Waals surface area (Å²) in [7, 11) is 0. The Kier molecular flexibility index (Phi) is 3.28. The predicted molar refractivity (Wildman–Crippen MR) is 83.0 cm³/mol. The molecule has 8 atom stereocenters. The van der Waals surface area contributed by atoms with E-state index in [-0.39, 0.29) is 10.8 Å². The van der Waals surface area contributed by atoms with Gasteiger partial charge in [-0.05, 0) is 73.0 Å². The van der Waals surface area contributed by atoms with Gasteiger partial charge in [0.15, 0.2) is 0 Å². The first-order chi connectivity index (χ1) is 10.4. The van der Waals surface area contributed by atoms with Crippen molar-refractivity contribution in [2.24, 2.45) is 34.5 Å². The fourth-order valence-electron chi connectivity index (χ4n) is 6.99. The molecule has 0 heterocycles. The van der Waals surface area contributed by atoms with E-state index in [1.807, 2.05) is 0 Å². The van der Waals surface area contributed by atoms with Gasteiger partial charge in [0.05, 0.1) is 6.10 Å². The minimum absolute atomic E-state index is 0.214. The van der Waals surface area contributed by atoms with E-state index in [9.17, 15) is 14.3 Å². The van der Waals surface area contributed by atoms with Crippen LogP contribution in [0, 0.1) is 34.5 Å². The van der Waals surface area contributed by atoms with E-state index in [1.165, 1.54) is 0 Å². The highest BCUT2D eigenvalue weighted by molar-refractivity contribution is 5.79. The Hall–Kier alpha value is -0.440. The maximum absolute atomic E-state index is 14.2. The minimum Gasteiger partial charge on any atom is -0.390 e. The number of alkyl halides is 1. The monoisotopic (exact) mass is 308 g/mol. The zero-order valence-corrected chi connectivity index (χ0v) is 13.9. The Labute approximate surface area is 132 Å². The van der Waals surface area contributed by atoms with Gasteiger partial charge in [-0.1, -0.05) is 13.8 Å².